The van der Waals surface area contributed by atoms with Crippen LogP contribution in [-0.4, -0.2) is 0 Å². The fourth-order valence-electron chi connectivity index (χ4n) is 0.689. The summed E-state index contributed by atoms with van der Waals surface area (Å²) in [5, 5.41) is 0. The van der Waals surface area contributed by atoms with Crippen molar-refractivity contribution >= 4 is 19.8 Å². The predicted molar refractivity (Wildman–Crippen MR) is 46.7 cm³/mol. The van der Waals surface area contributed by atoms with E-state index in [0.29, 0.717) is 0 Å². The highest BCUT2D eigenvalue weighted by molar-refractivity contribution is 8.43. The van der Waals surface area contributed by atoms with Gasteiger partial charge in [0.15, 0.2) is 0 Å². The van der Waals surface area contributed by atoms with Crippen molar-refractivity contribution in [2.24, 2.45) is 0 Å². The zero-order chi connectivity index (χ0) is 6.69. The van der Waals surface area contributed by atoms with Gasteiger partial charge in [0.1, 0.15) is 0 Å². The smallest absolute Gasteiger partial charge is 0.0113 e. The topological polar surface area (TPSA) is 0 Å². The van der Waals surface area contributed by atoms with E-state index in [0.717, 1.165) is 0 Å². The maximum atomic E-state index is 2.63. The van der Waals surface area contributed by atoms with Gasteiger partial charge in [-0.05, 0) is 19.1 Å². The fraction of sp³-hybridized carbons (Fsp3) is 0.143. The molecule has 0 spiro atoms. The normalized spacial score (nSPS) is 9.56. The van der Waals surface area contributed by atoms with Gasteiger partial charge in [0, 0.05) is 4.90 Å². The Bertz CT molecular complexity index is 198. The van der Waals surface area contributed by atoms with Gasteiger partial charge in [-0.3, -0.25) is 0 Å². The first-order valence-electron chi connectivity index (χ1n) is 2.76. The Morgan fingerprint density at radius 3 is 2.67 bits per heavy atom. The van der Waals surface area contributed by atoms with Gasteiger partial charge in [0.05, 0.1) is 0 Å². The Hall–Kier alpha value is -0.0000000000000000555. The lowest BCUT2D eigenvalue weighted by molar-refractivity contribution is 1.37. The molecular formula is C7H9PS. The van der Waals surface area contributed by atoms with Crippen molar-refractivity contribution in [3.05, 3.63) is 29.8 Å². The Balaban J connectivity index is 2.94. The van der Waals surface area contributed by atoms with Crippen LogP contribution < -0.4 is 0 Å². The van der Waals surface area contributed by atoms with Crippen LogP contribution in [0.15, 0.2) is 29.2 Å². The van der Waals surface area contributed by atoms with E-state index in [1.807, 2.05) is 0 Å². The van der Waals surface area contributed by atoms with Crippen molar-refractivity contribution in [2.45, 2.75) is 11.8 Å². The van der Waals surface area contributed by atoms with Crippen molar-refractivity contribution in [3.8, 4) is 0 Å². The summed E-state index contributed by atoms with van der Waals surface area (Å²) >= 11 is 1.70. The van der Waals surface area contributed by atoms with Crippen molar-refractivity contribution < 1.29 is 0 Å². The first-order valence-corrected chi connectivity index (χ1v) is 5.06. The van der Waals surface area contributed by atoms with Crippen LogP contribution in [0, 0.1) is 6.92 Å². The number of hydrogen-bond acceptors (Lipinski definition) is 1. The van der Waals surface area contributed by atoms with Crippen LogP contribution in [0.2, 0.25) is 0 Å². The van der Waals surface area contributed by atoms with Crippen molar-refractivity contribution in [2.75, 3.05) is 0 Å². The third-order valence-electron chi connectivity index (χ3n) is 1.13. The molecule has 1 unspecified atom stereocenters. The molecule has 0 fully saturated rings. The molecule has 48 valence electrons. The number of rotatable bonds is 1. The summed E-state index contributed by atoms with van der Waals surface area (Å²) in [5.41, 5.74) is 1.32. The summed E-state index contributed by atoms with van der Waals surface area (Å²) in [7, 11) is 2.63. The average molecular weight is 156 g/mol. The van der Waals surface area contributed by atoms with E-state index in [1.165, 1.54) is 10.5 Å². The second-order valence-electron chi connectivity index (χ2n) is 1.93. The Morgan fingerprint density at radius 1 is 1.44 bits per heavy atom. The highest BCUT2D eigenvalue weighted by atomic mass is 32.7. The van der Waals surface area contributed by atoms with Crippen molar-refractivity contribution in [1.29, 1.82) is 0 Å². The molecule has 0 N–H and O–H groups in total. The van der Waals surface area contributed by atoms with E-state index < -0.39 is 0 Å². The molecule has 1 aromatic rings. The average Bonchev–Trinajstić information content (AvgIpc) is 1.88. The SMILES string of the molecule is Cc1cccc(SP)c1. The number of aryl methyl sites for hydroxylation is 1. The lowest BCUT2D eigenvalue weighted by atomic mass is 10.2. The summed E-state index contributed by atoms with van der Waals surface area (Å²) in [6.07, 6.45) is 0. The summed E-state index contributed by atoms with van der Waals surface area (Å²) in [6, 6.07) is 8.44. The van der Waals surface area contributed by atoms with Crippen LogP contribution in [0.3, 0.4) is 0 Å². The van der Waals surface area contributed by atoms with Gasteiger partial charge in [-0.25, -0.2) is 0 Å². The molecule has 0 saturated carbocycles. The van der Waals surface area contributed by atoms with E-state index in [1.54, 1.807) is 11.4 Å². The minimum absolute atomic E-state index is 1.31. The van der Waals surface area contributed by atoms with Gasteiger partial charge in [0.25, 0.3) is 0 Å². The molecule has 0 aliphatic carbocycles. The third-order valence-corrected chi connectivity index (χ3v) is 2.47. The molecule has 0 bridgehead atoms. The molecule has 0 radical (unpaired) electrons. The molecule has 0 heterocycles. The van der Waals surface area contributed by atoms with Crippen LogP contribution in [-0.2, 0) is 0 Å². The van der Waals surface area contributed by atoms with Gasteiger partial charge in [-0.1, -0.05) is 26.1 Å². The Labute approximate surface area is 62.0 Å². The number of benzene rings is 1. The standard InChI is InChI=1S/C7H9PS/c1-6-3-2-4-7(5-6)9-8/h2-5H,8H2,1H3. The van der Waals surface area contributed by atoms with Gasteiger partial charge in [-0.15, -0.1) is 11.4 Å². The molecule has 1 aromatic carbocycles. The summed E-state index contributed by atoms with van der Waals surface area (Å²) in [5.74, 6) is 0. The lowest BCUT2D eigenvalue weighted by Gasteiger charge is -1.94. The summed E-state index contributed by atoms with van der Waals surface area (Å²) < 4.78 is 0. The first-order chi connectivity index (χ1) is 4.33. The van der Waals surface area contributed by atoms with Gasteiger partial charge < -0.3 is 0 Å². The molecule has 0 amide bonds. The largest absolute Gasteiger partial charge is 0.105 e. The maximum absolute atomic E-state index is 2.63. The molecule has 0 aliphatic heterocycles. The molecule has 1 rings (SSSR count). The fourth-order valence-corrected chi connectivity index (χ4v) is 1.54. The van der Waals surface area contributed by atoms with Gasteiger partial charge in [0.2, 0.25) is 0 Å². The second-order valence-corrected chi connectivity index (χ2v) is 3.35. The minimum Gasteiger partial charge on any atom is -0.105 e. The van der Waals surface area contributed by atoms with E-state index in [9.17, 15) is 0 Å². The van der Waals surface area contributed by atoms with E-state index in [4.69, 9.17) is 0 Å². The van der Waals surface area contributed by atoms with Crippen LogP contribution in [0.4, 0.5) is 0 Å². The van der Waals surface area contributed by atoms with Crippen LogP contribution in [0.1, 0.15) is 5.56 Å². The molecule has 1 atom stereocenters. The third kappa shape index (κ3) is 2.00. The van der Waals surface area contributed by atoms with Crippen LogP contribution >= 0.6 is 19.8 Å². The van der Waals surface area contributed by atoms with E-state index >= 15 is 0 Å². The van der Waals surface area contributed by atoms with Crippen LogP contribution in [0.25, 0.3) is 0 Å². The van der Waals surface area contributed by atoms with Crippen molar-refractivity contribution in [3.63, 3.8) is 0 Å². The zero-order valence-corrected chi connectivity index (χ0v) is 7.27. The number of hydrogen-bond donors (Lipinski definition) is 0. The monoisotopic (exact) mass is 156 g/mol. The molecule has 0 saturated heterocycles. The molecule has 2 heteroatoms. The van der Waals surface area contributed by atoms with Gasteiger partial charge >= 0.3 is 0 Å². The molecule has 0 aromatic heterocycles. The Morgan fingerprint density at radius 2 is 2.22 bits per heavy atom. The highest BCUT2D eigenvalue weighted by Gasteiger charge is 1.86. The van der Waals surface area contributed by atoms with E-state index in [-0.39, 0.29) is 0 Å². The van der Waals surface area contributed by atoms with E-state index in [2.05, 4.69) is 39.6 Å². The molecule has 9 heavy (non-hydrogen) atoms. The lowest BCUT2D eigenvalue weighted by Crippen LogP contribution is -1.69. The maximum Gasteiger partial charge on any atom is 0.0113 e. The first kappa shape index (κ1) is 7.11. The minimum atomic E-state index is 1.31. The molecular weight excluding hydrogens is 147 g/mol. The van der Waals surface area contributed by atoms with Crippen molar-refractivity contribution in [1.82, 2.24) is 0 Å². The quantitative estimate of drug-likeness (QED) is 0.563. The van der Waals surface area contributed by atoms with Crippen LogP contribution in [0.5, 0.6) is 0 Å². The molecule has 0 nitrogen and oxygen atoms in total. The zero-order valence-electron chi connectivity index (χ0n) is 5.29. The summed E-state index contributed by atoms with van der Waals surface area (Å²) in [6.45, 7) is 2.10. The highest BCUT2D eigenvalue weighted by Crippen LogP contribution is 2.24. The predicted octanol–water partition coefficient (Wildman–Crippen LogP) is 2.88. The molecule has 0 aliphatic rings. The summed E-state index contributed by atoms with van der Waals surface area (Å²) in [4.78, 5) is 1.31. The second kappa shape index (κ2) is 3.24. The Kier molecular flexibility index (Phi) is 2.56. The van der Waals surface area contributed by atoms with Gasteiger partial charge in [-0.2, -0.15) is 0 Å².